The van der Waals surface area contributed by atoms with Gasteiger partial charge in [-0.2, -0.15) is 5.10 Å². The second kappa shape index (κ2) is 9.93. The highest BCUT2D eigenvalue weighted by Gasteiger charge is 2.34. The molecule has 170 valence electrons. The number of thiocarbonyl (C=S) groups is 1. The SMILES string of the molecule is CCCOc1ccc(-c2nn(-c3ccccc3)cc2/C=C2\SC(=S)N(C(C)C)C2=O)c(C)c1. The van der Waals surface area contributed by atoms with Crippen molar-refractivity contribution in [1.82, 2.24) is 14.7 Å². The van der Waals surface area contributed by atoms with E-state index in [-0.39, 0.29) is 11.9 Å². The third-order valence-electron chi connectivity index (χ3n) is 5.32. The zero-order chi connectivity index (χ0) is 23.5. The van der Waals surface area contributed by atoms with Crippen molar-refractivity contribution in [2.75, 3.05) is 6.61 Å². The third kappa shape index (κ3) is 4.89. The average Bonchev–Trinajstić information content (AvgIpc) is 3.33. The number of aryl methyl sites for hydroxylation is 1. The van der Waals surface area contributed by atoms with Crippen LogP contribution in [0, 0.1) is 6.92 Å². The lowest BCUT2D eigenvalue weighted by molar-refractivity contribution is -0.123. The maximum Gasteiger partial charge on any atom is 0.266 e. The van der Waals surface area contributed by atoms with E-state index in [9.17, 15) is 4.79 Å². The number of hydrogen-bond donors (Lipinski definition) is 0. The summed E-state index contributed by atoms with van der Waals surface area (Å²) in [4.78, 5) is 15.3. The van der Waals surface area contributed by atoms with Crippen LogP contribution in [-0.2, 0) is 4.79 Å². The smallest absolute Gasteiger partial charge is 0.266 e. The van der Waals surface area contributed by atoms with Crippen LogP contribution >= 0.6 is 24.0 Å². The first-order valence-electron chi connectivity index (χ1n) is 11.0. The summed E-state index contributed by atoms with van der Waals surface area (Å²) in [6.45, 7) is 8.77. The average molecular weight is 478 g/mol. The van der Waals surface area contributed by atoms with Gasteiger partial charge in [0.25, 0.3) is 5.91 Å². The molecule has 1 amide bonds. The normalized spacial score (nSPS) is 15.2. The highest BCUT2D eigenvalue weighted by atomic mass is 32.2. The molecule has 2 heterocycles. The largest absolute Gasteiger partial charge is 0.494 e. The van der Waals surface area contributed by atoms with Crippen molar-refractivity contribution in [2.45, 2.75) is 40.2 Å². The first-order valence-corrected chi connectivity index (χ1v) is 12.3. The molecule has 0 unspecified atom stereocenters. The summed E-state index contributed by atoms with van der Waals surface area (Å²) in [6.07, 6.45) is 4.83. The van der Waals surface area contributed by atoms with Crippen molar-refractivity contribution < 1.29 is 9.53 Å². The molecule has 0 N–H and O–H groups in total. The zero-order valence-electron chi connectivity index (χ0n) is 19.2. The van der Waals surface area contributed by atoms with Gasteiger partial charge in [0.15, 0.2) is 0 Å². The van der Waals surface area contributed by atoms with Crippen LogP contribution in [0.5, 0.6) is 5.75 Å². The van der Waals surface area contributed by atoms with E-state index < -0.39 is 0 Å². The van der Waals surface area contributed by atoms with E-state index >= 15 is 0 Å². The number of thioether (sulfide) groups is 1. The Balaban J connectivity index is 1.80. The molecule has 0 aliphatic carbocycles. The Kier molecular flexibility index (Phi) is 7.00. The van der Waals surface area contributed by atoms with Gasteiger partial charge in [0, 0.05) is 23.4 Å². The Morgan fingerprint density at radius 2 is 1.94 bits per heavy atom. The lowest BCUT2D eigenvalue weighted by atomic mass is 10.0. The van der Waals surface area contributed by atoms with E-state index in [1.165, 1.54) is 11.8 Å². The highest BCUT2D eigenvalue weighted by Crippen LogP contribution is 2.36. The lowest BCUT2D eigenvalue weighted by Gasteiger charge is -2.18. The predicted molar refractivity (Wildman–Crippen MR) is 140 cm³/mol. The number of carbonyl (C=O) groups excluding carboxylic acids is 1. The van der Waals surface area contributed by atoms with Crippen molar-refractivity contribution in [3.8, 4) is 22.7 Å². The van der Waals surface area contributed by atoms with Crippen molar-refractivity contribution in [3.63, 3.8) is 0 Å². The van der Waals surface area contributed by atoms with E-state index in [4.69, 9.17) is 22.1 Å². The molecular weight excluding hydrogens is 450 g/mol. The molecule has 0 bridgehead atoms. The van der Waals surface area contributed by atoms with Gasteiger partial charge in [-0.1, -0.05) is 49.1 Å². The molecule has 5 nitrogen and oxygen atoms in total. The van der Waals surface area contributed by atoms with E-state index in [0.717, 1.165) is 40.2 Å². The number of nitrogens with zero attached hydrogens (tertiary/aromatic N) is 3. The van der Waals surface area contributed by atoms with Gasteiger partial charge in [0.2, 0.25) is 0 Å². The fourth-order valence-electron chi connectivity index (χ4n) is 3.69. The second-order valence-corrected chi connectivity index (χ2v) is 9.86. The van der Waals surface area contributed by atoms with Gasteiger partial charge in [-0.25, -0.2) is 4.68 Å². The fraction of sp³-hybridized carbons (Fsp3) is 0.269. The maximum absolute atomic E-state index is 13.0. The van der Waals surface area contributed by atoms with Gasteiger partial charge >= 0.3 is 0 Å². The summed E-state index contributed by atoms with van der Waals surface area (Å²) in [6, 6.07) is 16.0. The molecule has 0 atom stereocenters. The monoisotopic (exact) mass is 477 g/mol. The number of carbonyl (C=O) groups is 1. The van der Waals surface area contributed by atoms with Crippen LogP contribution in [-0.4, -0.2) is 37.6 Å². The molecule has 7 heteroatoms. The van der Waals surface area contributed by atoms with Crippen LogP contribution in [0.3, 0.4) is 0 Å². The Hall–Kier alpha value is -2.90. The number of amides is 1. The predicted octanol–water partition coefficient (Wildman–Crippen LogP) is 6.25. The van der Waals surface area contributed by atoms with E-state index in [1.807, 2.05) is 79.3 Å². The standard InChI is InChI=1S/C26H27N3O2S2/c1-5-13-31-21-11-12-22(18(4)14-21)24-19(16-28(27-24)20-9-7-6-8-10-20)15-23-25(30)29(17(2)3)26(32)33-23/h6-12,14-17H,5,13H2,1-4H3/b23-15-. The van der Waals surface area contributed by atoms with E-state index in [0.29, 0.717) is 15.8 Å². The molecule has 0 radical (unpaired) electrons. The molecule has 0 saturated carbocycles. The zero-order valence-corrected chi connectivity index (χ0v) is 20.9. The molecular formula is C26H27N3O2S2. The summed E-state index contributed by atoms with van der Waals surface area (Å²) < 4.78 is 8.24. The topological polar surface area (TPSA) is 47.4 Å². The minimum absolute atomic E-state index is 0.0211. The van der Waals surface area contributed by atoms with Gasteiger partial charge in [0.1, 0.15) is 15.8 Å². The van der Waals surface area contributed by atoms with Gasteiger partial charge in [-0.3, -0.25) is 9.69 Å². The molecule has 1 fully saturated rings. The van der Waals surface area contributed by atoms with Crippen molar-refractivity contribution in [2.24, 2.45) is 0 Å². The molecule has 3 aromatic rings. The third-order valence-corrected chi connectivity index (χ3v) is 6.65. The molecule has 1 aromatic heterocycles. The Morgan fingerprint density at radius 1 is 1.18 bits per heavy atom. The number of hydrogen-bond acceptors (Lipinski definition) is 5. The van der Waals surface area contributed by atoms with Crippen LogP contribution in [0.4, 0.5) is 0 Å². The Morgan fingerprint density at radius 3 is 2.58 bits per heavy atom. The van der Waals surface area contributed by atoms with Crippen LogP contribution in [0.15, 0.2) is 59.6 Å². The van der Waals surface area contributed by atoms with Crippen LogP contribution in [0.2, 0.25) is 0 Å². The minimum Gasteiger partial charge on any atom is -0.494 e. The fourth-order valence-corrected chi connectivity index (χ4v) is 5.21. The molecule has 2 aromatic carbocycles. The number of benzene rings is 2. The van der Waals surface area contributed by atoms with E-state index in [2.05, 4.69) is 13.8 Å². The van der Waals surface area contributed by atoms with Crippen molar-refractivity contribution in [1.29, 1.82) is 0 Å². The summed E-state index contributed by atoms with van der Waals surface area (Å²) in [5.41, 5.74) is 4.70. The molecule has 4 rings (SSSR count). The van der Waals surface area contributed by atoms with Crippen LogP contribution in [0.25, 0.3) is 23.0 Å². The van der Waals surface area contributed by atoms with Gasteiger partial charge in [0.05, 0.1) is 17.2 Å². The quantitative estimate of drug-likeness (QED) is 0.297. The van der Waals surface area contributed by atoms with Crippen molar-refractivity contribution >= 4 is 40.3 Å². The maximum atomic E-state index is 13.0. The van der Waals surface area contributed by atoms with Gasteiger partial charge in [-0.15, -0.1) is 0 Å². The Labute approximate surface area is 204 Å². The van der Waals surface area contributed by atoms with E-state index in [1.54, 1.807) is 4.90 Å². The summed E-state index contributed by atoms with van der Waals surface area (Å²) in [5, 5.41) is 4.91. The lowest BCUT2D eigenvalue weighted by Crippen LogP contribution is -2.34. The number of rotatable bonds is 7. The van der Waals surface area contributed by atoms with Crippen molar-refractivity contribution in [3.05, 3.63) is 70.8 Å². The first-order chi connectivity index (χ1) is 15.9. The first kappa shape index (κ1) is 23.3. The number of ether oxygens (including phenoxy) is 1. The second-order valence-electron chi connectivity index (χ2n) is 8.18. The molecule has 0 spiro atoms. The summed E-state index contributed by atoms with van der Waals surface area (Å²) >= 11 is 6.80. The van der Waals surface area contributed by atoms with Gasteiger partial charge < -0.3 is 4.74 Å². The molecule has 1 aliphatic heterocycles. The molecule has 33 heavy (non-hydrogen) atoms. The molecule has 1 aliphatic rings. The Bertz CT molecular complexity index is 1220. The minimum atomic E-state index is -0.0570. The van der Waals surface area contributed by atoms with Crippen LogP contribution in [0.1, 0.15) is 38.3 Å². The molecule has 1 saturated heterocycles. The van der Waals surface area contributed by atoms with Gasteiger partial charge in [-0.05, 0) is 69.2 Å². The number of para-hydroxylation sites is 1. The summed E-state index contributed by atoms with van der Waals surface area (Å²) in [5.74, 6) is 0.790. The summed E-state index contributed by atoms with van der Waals surface area (Å²) in [7, 11) is 0. The highest BCUT2D eigenvalue weighted by molar-refractivity contribution is 8.26. The number of aromatic nitrogens is 2. The van der Waals surface area contributed by atoms with Crippen LogP contribution < -0.4 is 4.74 Å².